The van der Waals surface area contributed by atoms with Gasteiger partial charge in [0.05, 0.1) is 33.9 Å². The predicted octanol–water partition coefficient (Wildman–Crippen LogP) is 2.92. The topological polar surface area (TPSA) is 93.3 Å². The van der Waals surface area contributed by atoms with Crippen molar-refractivity contribution in [2.45, 2.75) is 24.9 Å². The average molecular weight is 494 g/mol. The van der Waals surface area contributed by atoms with Gasteiger partial charge in [-0.3, -0.25) is 9.59 Å². The molecule has 1 saturated heterocycles. The third-order valence-electron chi connectivity index (χ3n) is 7.12. The monoisotopic (exact) mass is 493 g/mol. The third-order valence-corrected chi connectivity index (χ3v) is 7.12. The number of rotatable bonds is 8. The van der Waals surface area contributed by atoms with E-state index in [1.165, 1.54) is 0 Å². The number of nitrogens with one attached hydrogen (secondary N) is 1. The van der Waals surface area contributed by atoms with Gasteiger partial charge in [-0.15, -0.1) is 0 Å². The maximum absolute atomic E-state index is 13.7. The zero-order chi connectivity index (χ0) is 25.4. The molecule has 0 radical (unpaired) electrons. The summed E-state index contributed by atoms with van der Waals surface area (Å²) in [5.41, 5.74) is 3.69. The largest absolute Gasteiger partial charge is 0.493 e. The molecule has 2 aliphatic rings. The van der Waals surface area contributed by atoms with E-state index in [-0.39, 0.29) is 18.4 Å². The highest BCUT2D eigenvalue weighted by Crippen LogP contribution is 2.46. The van der Waals surface area contributed by atoms with E-state index in [0.717, 1.165) is 27.7 Å². The number of ether oxygens (including phenoxy) is 4. The lowest BCUT2D eigenvalue weighted by Crippen LogP contribution is -2.63. The van der Waals surface area contributed by atoms with Gasteiger partial charge in [-0.2, -0.15) is 0 Å². The number of aromatic nitrogens is 1. The smallest absolute Gasteiger partial charge is 0.246 e. The van der Waals surface area contributed by atoms with Crippen molar-refractivity contribution in [3.63, 3.8) is 0 Å². The van der Waals surface area contributed by atoms with E-state index in [0.29, 0.717) is 43.2 Å². The van der Waals surface area contributed by atoms with Crippen LogP contribution in [-0.4, -0.2) is 80.8 Å². The van der Waals surface area contributed by atoms with Gasteiger partial charge in [0.2, 0.25) is 17.6 Å². The van der Waals surface area contributed by atoms with Crippen molar-refractivity contribution in [3.05, 3.63) is 53.2 Å². The predicted molar refractivity (Wildman–Crippen MR) is 134 cm³/mol. The van der Waals surface area contributed by atoms with Crippen LogP contribution in [0.2, 0.25) is 0 Å². The average Bonchev–Trinajstić information content (AvgIpc) is 3.27. The van der Waals surface area contributed by atoms with Crippen molar-refractivity contribution in [3.8, 4) is 17.2 Å². The van der Waals surface area contributed by atoms with E-state index >= 15 is 0 Å². The number of methoxy groups -OCH3 is 4. The fourth-order valence-electron chi connectivity index (χ4n) is 5.52. The molecule has 0 bridgehead atoms. The van der Waals surface area contributed by atoms with Crippen LogP contribution >= 0.6 is 0 Å². The van der Waals surface area contributed by atoms with Crippen LogP contribution in [0, 0.1) is 0 Å². The van der Waals surface area contributed by atoms with Gasteiger partial charge in [-0.05, 0) is 35.7 Å². The molecular weight excluding hydrogens is 462 g/mol. The van der Waals surface area contributed by atoms with Gasteiger partial charge < -0.3 is 33.7 Å². The number of carbonyl (C=O) groups excluding carboxylic acids is 2. The first-order valence-electron chi connectivity index (χ1n) is 12.0. The van der Waals surface area contributed by atoms with E-state index in [2.05, 4.69) is 11.1 Å². The van der Waals surface area contributed by atoms with Gasteiger partial charge in [0.25, 0.3) is 0 Å². The van der Waals surface area contributed by atoms with Crippen LogP contribution in [0.1, 0.15) is 29.3 Å². The molecule has 2 amide bonds. The Morgan fingerprint density at radius 1 is 1.00 bits per heavy atom. The van der Waals surface area contributed by atoms with Crippen LogP contribution in [0.5, 0.6) is 17.2 Å². The number of H-pyrrole nitrogens is 1. The molecule has 1 aromatic heterocycles. The number of piperazine rings is 1. The van der Waals surface area contributed by atoms with Crippen molar-refractivity contribution in [1.29, 1.82) is 0 Å². The molecule has 3 aromatic rings. The van der Waals surface area contributed by atoms with Crippen LogP contribution in [-0.2, 0) is 20.7 Å². The fraction of sp³-hybridized carbons (Fsp3) is 0.407. The summed E-state index contributed by atoms with van der Waals surface area (Å²) >= 11 is 0. The third kappa shape index (κ3) is 3.83. The molecule has 0 aliphatic carbocycles. The Bertz CT molecular complexity index is 1280. The summed E-state index contributed by atoms with van der Waals surface area (Å²) < 4.78 is 21.9. The Morgan fingerprint density at radius 3 is 2.39 bits per heavy atom. The van der Waals surface area contributed by atoms with Crippen LogP contribution < -0.4 is 14.2 Å². The van der Waals surface area contributed by atoms with Gasteiger partial charge >= 0.3 is 0 Å². The van der Waals surface area contributed by atoms with Crippen LogP contribution in [0.15, 0.2) is 36.4 Å². The summed E-state index contributed by atoms with van der Waals surface area (Å²) in [5, 5.41) is 1.06. The molecule has 0 saturated carbocycles. The van der Waals surface area contributed by atoms with Crippen molar-refractivity contribution >= 4 is 22.7 Å². The number of para-hydroxylation sites is 1. The van der Waals surface area contributed by atoms with E-state index in [4.69, 9.17) is 18.9 Å². The van der Waals surface area contributed by atoms with Crippen molar-refractivity contribution < 1.29 is 28.5 Å². The zero-order valence-electron chi connectivity index (χ0n) is 21.0. The van der Waals surface area contributed by atoms with Crippen LogP contribution in [0.3, 0.4) is 0 Å². The fourth-order valence-corrected chi connectivity index (χ4v) is 5.52. The molecule has 1 fully saturated rings. The minimum absolute atomic E-state index is 0.0372. The summed E-state index contributed by atoms with van der Waals surface area (Å²) in [6.07, 6.45) is 1.13. The maximum atomic E-state index is 13.7. The van der Waals surface area contributed by atoms with Gasteiger partial charge in [0, 0.05) is 43.3 Å². The molecule has 2 aliphatic heterocycles. The summed E-state index contributed by atoms with van der Waals surface area (Å²) in [4.78, 5) is 34.3. The van der Waals surface area contributed by atoms with Crippen molar-refractivity contribution in [1.82, 2.24) is 14.8 Å². The highest BCUT2D eigenvalue weighted by atomic mass is 16.5. The molecule has 2 unspecified atom stereocenters. The summed E-state index contributed by atoms with van der Waals surface area (Å²) in [5.74, 6) is 1.31. The highest BCUT2D eigenvalue weighted by molar-refractivity contribution is 5.97. The Hall–Kier alpha value is -3.72. The molecule has 190 valence electrons. The zero-order valence-corrected chi connectivity index (χ0v) is 21.0. The molecule has 9 nitrogen and oxygen atoms in total. The Balaban J connectivity index is 1.67. The minimum atomic E-state index is -0.607. The number of benzene rings is 2. The number of carbonyl (C=O) groups is 2. The molecule has 3 heterocycles. The van der Waals surface area contributed by atoms with Crippen molar-refractivity contribution in [2.75, 3.05) is 48.1 Å². The molecular formula is C27H31N3O6. The quantitative estimate of drug-likeness (QED) is 0.485. The molecule has 36 heavy (non-hydrogen) atoms. The first-order valence-corrected chi connectivity index (χ1v) is 12.0. The van der Waals surface area contributed by atoms with E-state index < -0.39 is 12.1 Å². The molecule has 9 heteroatoms. The number of amides is 2. The number of nitrogens with zero attached hydrogens (tertiary/aromatic N) is 2. The molecule has 0 spiro atoms. The first kappa shape index (κ1) is 24.0. The SMILES string of the molecule is COCCCN1CC(=O)N2C(Cc3c([nH]c4ccccc34)C2c2cc(OC)c(OC)c(OC)c2)C1=O. The Kier molecular flexibility index (Phi) is 6.49. The van der Waals surface area contributed by atoms with Gasteiger partial charge in [0.15, 0.2) is 11.5 Å². The second-order valence-electron chi connectivity index (χ2n) is 9.05. The summed E-state index contributed by atoms with van der Waals surface area (Å²) in [6, 6.07) is 10.6. The highest BCUT2D eigenvalue weighted by Gasteiger charge is 2.48. The molecule has 2 atom stereocenters. The van der Waals surface area contributed by atoms with E-state index in [1.54, 1.807) is 38.2 Å². The molecule has 1 N–H and O–H groups in total. The van der Waals surface area contributed by atoms with Crippen LogP contribution in [0.25, 0.3) is 10.9 Å². The lowest BCUT2D eigenvalue weighted by atomic mass is 9.86. The van der Waals surface area contributed by atoms with Crippen molar-refractivity contribution in [2.24, 2.45) is 0 Å². The number of hydrogen-bond donors (Lipinski definition) is 1. The standard InChI is InChI=1S/C27H31N3O6/c1-33-11-7-10-29-15-23(31)30-20(27(29)32)14-18-17-8-5-6-9-19(17)28-24(18)25(30)16-12-21(34-2)26(36-4)22(13-16)35-3/h5-6,8-9,12-13,20,25,28H,7,10-11,14-15H2,1-4H3. The van der Waals surface area contributed by atoms with Gasteiger partial charge in [0.1, 0.15) is 6.04 Å². The normalized spacial score (nSPS) is 19.3. The van der Waals surface area contributed by atoms with Crippen LogP contribution in [0.4, 0.5) is 0 Å². The lowest BCUT2D eigenvalue weighted by Gasteiger charge is -2.47. The first-order chi connectivity index (χ1) is 17.5. The Morgan fingerprint density at radius 2 is 1.72 bits per heavy atom. The summed E-state index contributed by atoms with van der Waals surface area (Å²) in [7, 11) is 6.31. The molecule has 2 aromatic carbocycles. The van der Waals surface area contributed by atoms with E-state index in [9.17, 15) is 9.59 Å². The van der Waals surface area contributed by atoms with Gasteiger partial charge in [-0.1, -0.05) is 18.2 Å². The number of hydrogen-bond acceptors (Lipinski definition) is 6. The molecule has 5 rings (SSSR count). The van der Waals surface area contributed by atoms with Gasteiger partial charge in [-0.25, -0.2) is 0 Å². The van der Waals surface area contributed by atoms with E-state index in [1.807, 2.05) is 30.3 Å². The second kappa shape index (κ2) is 9.73. The minimum Gasteiger partial charge on any atom is -0.493 e. The summed E-state index contributed by atoms with van der Waals surface area (Å²) in [6.45, 7) is 1.06. The second-order valence-corrected chi connectivity index (χ2v) is 9.05. The maximum Gasteiger partial charge on any atom is 0.246 e. The lowest BCUT2D eigenvalue weighted by molar-refractivity contribution is -0.158. The number of aromatic amines is 1. The number of fused-ring (bicyclic) bond motifs is 4. The Labute approximate surface area is 209 Å².